The summed E-state index contributed by atoms with van der Waals surface area (Å²) in [6.45, 7) is 4.81. The van der Waals surface area contributed by atoms with Crippen LogP contribution in [0.5, 0.6) is 0 Å². The molecule has 1 aliphatic heterocycles. The van der Waals surface area contributed by atoms with Crippen molar-refractivity contribution in [1.82, 2.24) is 5.32 Å². The molecule has 1 aromatic carbocycles. The Morgan fingerprint density at radius 2 is 1.80 bits per heavy atom. The predicted molar refractivity (Wildman–Crippen MR) is 80.3 cm³/mol. The molecule has 0 bridgehead atoms. The van der Waals surface area contributed by atoms with Crippen LogP contribution in [0.1, 0.15) is 51.0 Å². The molecule has 0 atom stereocenters. The minimum absolute atomic E-state index is 0.0296. The molecule has 2 nitrogen and oxygen atoms in total. The van der Waals surface area contributed by atoms with Gasteiger partial charge in [-0.1, -0.05) is 38.3 Å². The van der Waals surface area contributed by atoms with Crippen LogP contribution in [0, 0.1) is 5.82 Å². The van der Waals surface area contributed by atoms with Crippen molar-refractivity contribution in [2.45, 2.75) is 51.0 Å². The van der Waals surface area contributed by atoms with Gasteiger partial charge in [-0.3, -0.25) is 0 Å². The summed E-state index contributed by atoms with van der Waals surface area (Å²) in [7, 11) is 0. The minimum atomic E-state index is -0.168. The summed E-state index contributed by atoms with van der Waals surface area (Å²) >= 11 is 0. The number of ether oxygens (including phenoxy) is 1. The van der Waals surface area contributed by atoms with Gasteiger partial charge in [0.1, 0.15) is 5.82 Å². The van der Waals surface area contributed by atoms with E-state index < -0.39 is 0 Å². The van der Waals surface area contributed by atoms with Crippen molar-refractivity contribution in [3.05, 3.63) is 35.6 Å². The Balaban J connectivity index is 1.99. The molecule has 0 spiro atoms. The maximum atomic E-state index is 13.1. The Morgan fingerprint density at radius 1 is 1.10 bits per heavy atom. The third-order valence-corrected chi connectivity index (χ3v) is 4.24. The molecule has 1 heterocycles. The van der Waals surface area contributed by atoms with Gasteiger partial charge in [-0.05, 0) is 43.5 Å². The van der Waals surface area contributed by atoms with Crippen molar-refractivity contribution in [3.8, 4) is 0 Å². The lowest BCUT2D eigenvalue weighted by molar-refractivity contribution is 0.0365. The van der Waals surface area contributed by atoms with E-state index in [1.165, 1.54) is 31.2 Å². The molecule has 0 unspecified atom stereocenters. The molecule has 1 aromatic rings. The number of hydrogen-bond acceptors (Lipinski definition) is 2. The first-order valence-corrected chi connectivity index (χ1v) is 7.86. The van der Waals surface area contributed by atoms with E-state index in [2.05, 4.69) is 12.2 Å². The van der Waals surface area contributed by atoms with E-state index in [-0.39, 0.29) is 11.4 Å². The van der Waals surface area contributed by atoms with Crippen molar-refractivity contribution in [1.29, 1.82) is 0 Å². The zero-order chi connectivity index (χ0) is 14.3. The monoisotopic (exact) mass is 279 g/mol. The Kier molecular flexibility index (Phi) is 5.99. The summed E-state index contributed by atoms with van der Waals surface area (Å²) in [6, 6.07) is 6.95. The predicted octanol–water partition coefficient (Wildman–Crippen LogP) is 4.00. The quantitative estimate of drug-likeness (QED) is 0.762. The van der Waals surface area contributed by atoms with Gasteiger partial charge in [0.25, 0.3) is 0 Å². The number of benzene rings is 1. The highest BCUT2D eigenvalue weighted by atomic mass is 19.1. The zero-order valence-electron chi connectivity index (χ0n) is 12.5. The van der Waals surface area contributed by atoms with Crippen molar-refractivity contribution in [2.24, 2.45) is 0 Å². The normalized spacial score (nSPS) is 18.1. The van der Waals surface area contributed by atoms with Gasteiger partial charge in [-0.2, -0.15) is 0 Å². The highest BCUT2D eigenvalue weighted by Crippen LogP contribution is 2.32. The molecule has 3 heteroatoms. The number of hydrogen-bond donors (Lipinski definition) is 1. The molecule has 112 valence electrons. The lowest BCUT2D eigenvalue weighted by atomic mass is 9.82. The van der Waals surface area contributed by atoms with Gasteiger partial charge in [-0.25, -0.2) is 4.39 Å². The topological polar surface area (TPSA) is 21.3 Å². The number of unbranched alkanes of at least 4 members (excludes halogenated alkanes) is 3. The lowest BCUT2D eigenvalue weighted by Gasteiger charge is -2.39. The first-order chi connectivity index (χ1) is 9.77. The lowest BCUT2D eigenvalue weighted by Crippen LogP contribution is -2.47. The van der Waals surface area contributed by atoms with Gasteiger partial charge >= 0.3 is 0 Å². The Morgan fingerprint density at radius 3 is 2.45 bits per heavy atom. The first kappa shape index (κ1) is 15.5. The highest BCUT2D eigenvalue weighted by molar-refractivity contribution is 5.25. The molecule has 2 rings (SSSR count). The molecule has 1 N–H and O–H groups in total. The Bertz CT molecular complexity index is 384. The van der Waals surface area contributed by atoms with Gasteiger partial charge in [-0.15, -0.1) is 0 Å². The van der Waals surface area contributed by atoms with Crippen LogP contribution in [-0.4, -0.2) is 19.8 Å². The molecular formula is C17H26FNO. The van der Waals surface area contributed by atoms with Crippen LogP contribution >= 0.6 is 0 Å². The Hall–Kier alpha value is -0.930. The van der Waals surface area contributed by atoms with Crippen LogP contribution in [0.3, 0.4) is 0 Å². The summed E-state index contributed by atoms with van der Waals surface area (Å²) in [5, 5.41) is 3.73. The summed E-state index contributed by atoms with van der Waals surface area (Å²) in [6.07, 6.45) is 6.97. The van der Waals surface area contributed by atoms with E-state index >= 15 is 0 Å². The van der Waals surface area contributed by atoms with Gasteiger partial charge in [0, 0.05) is 18.8 Å². The third kappa shape index (κ3) is 4.03. The van der Waals surface area contributed by atoms with Crippen molar-refractivity contribution in [2.75, 3.05) is 19.8 Å². The van der Waals surface area contributed by atoms with Crippen LogP contribution in [0.4, 0.5) is 4.39 Å². The second kappa shape index (κ2) is 7.75. The SMILES string of the molecule is CCCCCCNC1(c2ccc(F)cc2)CCOCC1. The summed E-state index contributed by atoms with van der Waals surface area (Å²) in [5.41, 5.74) is 1.16. The van der Waals surface area contributed by atoms with Crippen LogP contribution in [0.15, 0.2) is 24.3 Å². The molecule has 0 saturated carbocycles. The van der Waals surface area contributed by atoms with E-state index in [1.54, 1.807) is 12.1 Å². The van der Waals surface area contributed by atoms with Crippen LogP contribution in [0.25, 0.3) is 0 Å². The van der Waals surface area contributed by atoms with E-state index in [4.69, 9.17) is 4.74 Å². The third-order valence-electron chi connectivity index (χ3n) is 4.24. The van der Waals surface area contributed by atoms with E-state index in [0.29, 0.717) is 0 Å². The van der Waals surface area contributed by atoms with E-state index in [1.807, 2.05) is 12.1 Å². The summed E-state index contributed by atoms with van der Waals surface area (Å²) in [4.78, 5) is 0. The fourth-order valence-electron chi connectivity index (χ4n) is 2.94. The average Bonchev–Trinajstić information content (AvgIpc) is 2.49. The maximum Gasteiger partial charge on any atom is 0.123 e. The van der Waals surface area contributed by atoms with E-state index in [9.17, 15) is 4.39 Å². The van der Waals surface area contributed by atoms with Gasteiger partial charge in [0.15, 0.2) is 0 Å². The highest BCUT2D eigenvalue weighted by Gasteiger charge is 2.33. The smallest absolute Gasteiger partial charge is 0.123 e. The fourth-order valence-corrected chi connectivity index (χ4v) is 2.94. The molecule has 0 amide bonds. The van der Waals surface area contributed by atoms with Gasteiger partial charge in [0.2, 0.25) is 0 Å². The number of halogens is 1. The van der Waals surface area contributed by atoms with Crippen LogP contribution in [0.2, 0.25) is 0 Å². The van der Waals surface area contributed by atoms with Crippen molar-refractivity contribution in [3.63, 3.8) is 0 Å². The molecule has 20 heavy (non-hydrogen) atoms. The molecule has 1 aliphatic rings. The minimum Gasteiger partial charge on any atom is -0.381 e. The standard InChI is InChI=1S/C17H26FNO/c1-2-3-4-5-12-19-17(10-13-20-14-11-17)15-6-8-16(18)9-7-15/h6-9,19H,2-5,10-14H2,1H3. The van der Waals surface area contributed by atoms with Gasteiger partial charge in [0.05, 0.1) is 0 Å². The molecule has 1 saturated heterocycles. The number of rotatable bonds is 7. The first-order valence-electron chi connectivity index (χ1n) is 7.86. The van der Waals surface area contributed by atoms with Crippen molar-refractivity contribution >= 4 is 0 Å². The molecule has 0 aliphatic carbocycles. The average molecular weight is 279 g/mol. The largest absolute Gasteiger partial charge is 0.381 e. The molecule has 1 fully saturated rings. The molecule has 0 aromatic heterocycles. The zero-order valence-corrected chi connectivity index (χ0v) is 12.5. The molecular weight excluding hydrogens is 253 g/mol. The van der Waals surface area contributed by atoms with Crippen LogP contribution in [-0.2, 0) is 10.3 Å². The fraction of sp³-hybridized carbons (Fsp3) is 0.647. The van der Waals surface area contributed by atoms with E-state index in [0.717, 1.165) is 32.6 Å². The molecule has 0 radical (unpaired) electrons. The summed E-state index contributed by atoms with van der Waals surface area (Å²) in [5.74, 6) is -0.168. The summed E-state index contributed by atoms with van der Waals surface area (Å²) < 4.78 is 18.6. The van der Waals surface area contributed by atoms with Crippen molar-refractivity contribution < 1.29 is 9.13 Å². The maximum absolute atomic E-state index is 13.1. The Labute approximate surface area is 121 Å². The second-order valence-electron chi connectivity index (χ2n) is 5.69. The number of nitrogens with one attached hydrogen (secondary N) is 1. The van der Waals surface area contributed by atoms with Gasteiger partial charge < -0.3 is 10.1 Å². The second-order valence-corrected chi connectivity index (χ2v) is 5.69. The van der Waals surface area contributed by atoms with Crippen LogP contribution < -0.4 is 5.32 Å².